The third-order valence-corrected chi connectivity index (χ3v) is 6.83. The summed E-state index contributed by atoms with van der Waals surface area (Å²) in [6.07, 6.45) is 8.04. The number of Topliss-reactive ketones (excluding diaryl/α,β-unsaturated/α-hetero) is 3. The Morgan fingerprint density at radius 1 is 0.460 bits per heavy atom. The molecule has 0 saturated heterocycles. The van der Waals surface area contributed by atoms with Crippen molar-refractivity contribution < 1.29 is 57.6 Å². The Balaban J connectivity index is 0. The fourth-order valence-electron chi connectivity index (χ4n) is 4.22. The van der Waals surface area contributed by atoms with Gasteiger partial charge in [0.15, 0.2) is 0 Å². The van der Waals surface area contributed by atoms with Gasteiger partial charge in [-0.1, -0.05) is 0 Å². The number of esters is 2. The van der Waals surface area contributed by atoms with E-state index in [1.54, 1.807) is 0 Å². The maximum atomic E-state index is 11.9. The van der Waals surface area contributed by atoms with Gasteiger partial charge in [0, 0.05) is 38.5 Å². The van der Waals surface area contributed by atoms with Gasteiger partial charge in [-0.3, -0.25) is 24.0 Å². The number of ether oxygens (including phenoxy) is 5. The van der Waals surface area contributed by atoms with Gasteiger partial charge >= 0.3 is 17.9 Å². The van der Waals surface area contributed by atoms with Gasteiger partial charge in [-0.15, -0.1) is 0 Å². The topological polar surface area (TPSA) is 169 Å². The van der Waals surface area contributed by atoms with Crippen LogP contribution in [0.1, 0.15) is 158 Å². The highest BCUT2D eigenvalue weighted by atomic mass is 16.6. The number of carboxylic acid groups (broad SMARTS) is 1. The number of aliphatic carboxylic acids is 1. The largest absolute Gasteiger partial charge is 0.481 e. The number of rotatable bonds is 30. The summed E-state index contributed by atoms with van der Waals surface area (Å²) in [5.74, 6) is -1.51. The predicted molar refractivity (Wildman–Crippen MR) is 191 cm³/mol. The molecule has 0 radical (unpaired) electrons. The first-order valence-electron chi connectivity index (χ1n) is 18.3. The number of carbonyl (C=O) groups excluding carboxylic acids is 5. The Bertz CT molecular complexity index is 872. The van der Waals surface area contributed by atoms with Crippen LogP contribution in [0.2, 0.25) is 0 Å². The summed E-state index contributed by atoms with van der Waals surface area (Å²) in [5, 5.41) is 8.53. The van der Waals surface area contributed by atoms with Crippen molar-refractivity contribution in [2.75, 3.05) is 39.6 Å². The molecule has 0 spiro atoms. The number of carboxylic acids is 1. The third-order valence-electron chi connectivity index (χ3n) is 6.83. The molecular weight excluding hydrogens is 648 g/mol. The number of unbranched alkanes of at least 4 members (excludes halogenated alkanes) is 6. The van der Waals surface area contributed by atoms with Gasteiger partial charge < -0.3 is 33.6 Å². The smallest absolute Gasteiger partial charge is 0.305 e. The number of hydrogen-bond acceptors (Lipinski definition) is 11. The van der Waals surface area contributed by atoms with Crippen molar-refractivity contribution in [1.82, 2.24) is 0 Å². The molecule has 0 heterocycles. The summed E-state index contributed by atoms with van der Waals surface area (Å²) in [5.41, 5.74) is -0.156. The quantitative estimate of drug-likeness (QED) is 0.0453. The summed E-state index contributed by atoms with van der Waals surface area (Å²) in [6.45, 7) is 16.9. The van der Waals surface area contributed by atoms with Crippen LogP contribution in [0.15, 0.2) is 0 Å². The second-order valence-corrected chi connectivity index (χ2v) is 14.4. The van der Waals surface area contributed by atoms with Crippen LogP contribution in [-0.4, -0.2) is 91.2 Å². The predicted octanol–water partition coefficient (Wildman–Crippen LogP) is 7.15. The van der Waals surface area contributed by atoms with Crippen LogP contribution >= 0.6 is 0 Å². The average molecular weight is 717 g/mol. The molecular formula is C38H68O12. The SMILES string of the molecule is CC(=O)CCCCC(=O)OCCCCCC(=O)CC(=O)CCCCCOC(=O)CCCCC(=O)O.CC(C)(C)OCCOCCOC(C)(C)C. The van der Waals surface area contributed by atoms with E-state index in [1.165, 1.54) is 6.92 Å². The minimum atomic E-state index is -0.875. The molecule has 0 aromatic heterocycles. The Labute approximate surface area is 301 Å². The van der Waals surface area contributed by atoms with Crippen molar-refractivity contribution in [3.63, 3.8) is 0 Å². The molecule has 0 bridgehead atoms. The van der Waals surface area contributed by atoms with Gasteiger partial charge in [-0.25, -0.2) is 0 Å². The molecule has 0 aliphatic heterocycles. The summed E-state index contributed by atoms with van der Waals surface area (Å²) >= 11 is 0. The summed E-state index contributed by atoms with van der Waals surface area (Å²) in [7, 11) is 0. The fraction of sp³-hybridized carbons (Fsp3) is 0.842. The lowest BCUT2D eigenvalue weighted by Gasteiger charge is -2.20. The van der Waals surface area contributed by atoms with E-state index in [2.05, 4.69) is 0 Å². The minimum Gasteiger partial charge on any atom is -0.481 e. The minimum absolute atomic E-state index is 0.0480. The molecule has 0 atom stereocenters. The zero-order valence-corrected chi connectivity index (χ0v) is 32.2. The molecule has 12 nitrogen and oxygen atoms in total. The maximum Gasteiger partial charge on any atom is 0.305 e. The fourth-order valence-corrected chi connectivity index (χ4v) is 4.22. The van der Waals surface area contributed by atoms with Gasteiger partial charge in [0.2, 0.25) is 0 Å². The van der Waals surface area contributed by atoms with E-state index >= 15 is 0 Å². The van der Waals surface area contributed by atoms with Crippen LogP contribution in [0.25, 0.3) is 0 Å². The van der Waals surface area contributed by atoms with E-state index in [0.717, 1.165) is 12.8 Å². The van der Waals surface area contributed by atoms with E-state index in [4.69, 9.17) is 28.8 Å². The van der Waals surface area contributed by atoms with E-state index in [9.17, 15) is 28.8 Å². The van der Waals surface area contributed by atoms with Crippen LogP contribution in [0.4, 0.5) is 0 Å². The van der Waals surface area contributed by atoms with Crippen LogP contribution in [0, 0.1) is 0 Å². The van der Waals surface area contributed by atoms with Crippen molar-refractivity contribution in [1.29, 1.82) is 0 Å². The molecule has 0 fully saturated rings. The normalized spacial score (nSPS) is 11.3. The monoisotopic (exact) mass is 716 g/mol. The number of carbonyl (C=O) groups is 6. The zero-order chi connectivity index (χ0) is 38.3. The molecule has 0 rings (SSSR count). The summed E-state index contributed by atoms with van der Waals surface area (Å²) in [6, 6.07) is 0. The number of hydrogen-bond donors (Lipinski definition) is 1. The molecule has 0 aliphatic rings. The standard InChI is InChI=1S/C26H42O9.C12H26O3/c1-21(27)12-6-8-16-25(32)34-18-10-2-4-13-22(28)20-23(29)14-5-3-11-19-35-26(33)17-9-7-15-24(30)31;1-11(2,3)14-9-7-13-8-10-15-12(4,5)6/h2-20H2,1H3,(H,30,31);7-10H2,1-6H3. The van der Waals surface area contributed by atoms with Crippen molar-refractivity contribution in [2.45, 2.75) is 169 Å². The Hall–Kier alpha value is -2.70. The number of ketones is 3. The highest BCUT2D eigenvalue weighted by Gasteiger charge is 2.12. The molecule has 50 heavy (non-hydrogen) atoms. The van der Waals surface area contributed by atoms with E-state index in [-0.39, 0.29) is 66.4 Å². The first-order chi connectivity index (χ1) is 23.4. The summed E-state index contributed by atoms with van der Waals surface area (Å²) in [4.78, 5) is 68.1. The summed E-state index contributed by atoms with van der Waals surface area (Å²) < 4.78 is 26.6. The van der Waals surface area contributed by atoms with Gasteiger partial charge in [-0.2, -0.15) is 0 Å². The van der Waals surface area contributed by atoms with Crippen molar-refractivity contribution in [2.24, 2.45) is 0 Å². The molecule has 1 N–H and O–H groups in total. The van der Waals surface area contributed by atoms with Crippen LogP contribution in [0.3, 0.4) is 0 Å². The van der Waals surface area contributed by atoms with Gasteiger partial charge in [0.25, 0.3) is 0 Å². The lowest BCUT2D eigenvalue weighted by atomic mass is 10.0. The molecule has 292 valence electrons. The maximum absolute atomic E-state index is 11.9. The Morgan fingerprint density at radius 3 is 1.22 bits per heavy atom. The highest BCUT2D eigenvalue weighted by molar-refractivity contribution is 5.98. The molecule has 12 heteroatoms. The van der Waals surface area contributed by atoms with Gasteiger partial charge in [0.1, 0.15) is 17.3 Å². The van der Waals surface area contributed by atoms with Gasteiger partial charge in [-0.05, 0) is 113 Å². The van der Waals surface area contributed by atoms with Crippen molar-refractivity contribution in [3.05, 3.63) is 0 Å². The molecule has 0 aromatic rings. The zero-order valence-electron chi connectivity index (χ0n) is 32.2. The second kappa shape index (κ2) is 31.1. The first-order valence-corrected chi connectivity index (χ1v) is 18.3. The molecule has 0 amide bonds. The van der Waals surface area contributed by atoms with Crippen LogP contribution in [0.5, 0.6) is 0 Å². The van der Waals surface area contributed by atoms with Crippen molar-refractivity contribution in [3.8, 4) is 0 Å². The lowest BCUT2D eigenvalue weighted by molar-refractivity contribution is -0.145. The van der Waals surface area contributed by atoms with E-state index < -0.39 is 5.97 Å². The van der Waals surface area contributed by atoms with Crippen molar-refractivity contribution >= 4 is 35.3 Å². The Kier molecular flexibility index (Phi) is 30.7. The highest BCUT2D eigenvalue weighted by Crippen LogP contribution is 2.10. The second-order valence-electron chi connectivity index (χ2n) is 14.4. The Morgan fingerprint density at radius 2 is 0.840 bits per heavy atom. The molecule has 0 aliphatic carbocycles. The molecule has 0 aromatic carbocycles. The van der Waals surface area contributed by atoms with E-state index in [0.29, 0.717) is 110 Å². The van der Waals surface area contributed by atoms with E-state index in [1.807, 2.05) is 41.5 Å². The molecule has 0 saturated carbocycles. The van der Waals surface area contributed by atoms with Crippen LogP contribution < -0.4 is 0 Å². The van der Waals surface area contributed by atoms with Crippen LogP contribution in [-0.2, 0) is 52.5 Å². The lowest BCUT2D eigenvalue weighted by Crippen LogP contribution is -2.24. The molecule has 0 unspecified atom stereocenters. The average Bonchev–Trinajstić information content (AvgIpc) is 2.99. The van der Waals surface area contributed by atoms with Gasteiger partial charge in [0.05, 0.1) is 57.3 Å². The first kappa shape index (κ1) is 49.4. The third kappa shape index (κ3) is 43.3.